The number of rotatable bonds is 5. The smallest absolute Gasteiger partial charge is 0.269 e. The van der Waals surface area contributed by atoms with Crippen LogP contribution in [-0.4, -0.2) is 59.8 Å². The first-order chi connectivity index (χ1) is 13.9. The monoisotopic (exact) mass is 394 g/mol. The van der Waals surface area contributed by atoms with Crippen LogP contribution in [0.2, 0.25) is 0 Å². The van der Waals surface area contributed by atoms with Crippen molar-refractivity contribution >= 4 is 29.3 Å². The van der Waals surface area contributed by atoms with Crippen LogP contribution in [-0.2, 0) is 4.79 Å². The lowest BCUT2D eigenvalue weighted by Gasteiger charge is -2.32. The molecule has 0 saturated carbocycles. The first kappa shape index (κ1) is 20.2. The molecule has 3 rings (SSSR count). The molecule has 2 aromatic rings. The van der Waals surface area contributed by atoms with Gasteiger partial charge in [-0.2, -0.15) is 0 Å². The van der Waals surface area contributed by atoms with E-state index >= 15 is 0 Å². The van der Waals surface area contributed by atoms with Crippen LogP contribution in [0.15, 0.2) is 54.6 Å². The number of likely N-dealkylation sites (N-methyl/N-ethyl adjacent to an activating group) is 1. The molecular weight excluding hydrogens is 372 g/mol. The lowest BCUT2D eigenvalue weighted by Crippen LogP contribution is -2.47. The number of carbonyl (C=O) groups is 2. The highest BCUT2D eigenvalue weighted by Crippen LogP contribution is 2.15. The van der Waals surface area contributed by atoms with Crippen molar-refractivity contribution in [3.63, 3.8) is 0 Å². The van der Waals surface area contributed by atoms with Crippen molar-refractivity contribution in [2.24, 2.45) is 0 Å². The molecule has 2 amide bonds. The van der Waals surface area contributed by atoms with E-state index in [0.29, 0.717) is 29.9 Å². The summed E-state index contributed by atoms with van der Waals surface area (Å²) in [5.41, 5.74) is 1.85. The summed E-state index contributed by atoms with van der Waals surface area (Å²) in [4.78, 5) is 38.8. The number of nitro benzene ring substituents is 1. The highest BCUT2D eigenvalue weighted by atomic mass is 16.6. The van der Waals surface area contributed by atoms with Gasteiger partial charge in [0.15, 0.2) is 0 Å². The Labute approximate surface area is 168 Å². The lowest BCUT2D eigenvalue weighted by molar-refractivity contribution is -0.384. The van der Waals surface area contributed by atoms with Crippen molar-refractivity contribution in [3.05, 3.63) is 75.8 Å². The predicted molar refractivity (Wildman–Crippen MR) is 111 cm³/mol. The van der Waals surface area contributed by atoms with E-state index in [9.17, 15) is 19.7 Å². The Balaban J connectivity index is 1.55. The van der Waals surface area contributed by atoms with Crippen LogP contribution in [0, 0.1) is 10.1 Å². The maximum atomic E-state index is 12.5. The predicted octanol–water partition coefficient (Wildman–Crippen LogP) is 2.63. The summed E-state index contributed by atoms with van der Waals surface area (Å²) in [6, 6.07) is 12.7. The molecule has 0 unspecified atom stereocenters. The Morgan fingerprint density at radius 1 is 1.00 bits per heavy atom. The number of anilines is 1. The van der Waals surface area contributed by atoms with E-state index in [1.54, 1.807) is 42.5 Å². The number of hydrogen-bond donors (Lipinski definition) is 1. The summed E-state index contributed by atoms with van der Waals surface area (Å²) in [7, 11) is 2.04. The van der Waals surface area contributed by atoms with Crippen molar-refractivity contribution in [2.75, 3.05) is 38.5 Å². The summed E-state index contributed by atoms with van der Waals surface area (Å²) >= 11 is 0. The fraction of sp³-hybridized carbons (Fsp3) is 0.238. The fourth-order valence-corrected chi connectivity index (χ4v) is 2.95. The molecule has 2 aromatic carbocycles. The summed E-state index contributed by atoms with van der Waals surface area (Å²) in [6.45, 7) is 3.14. The second kappa shape index (κ2) is 9.11. The van der Waals surface area contributed by atoms with E-state index in [1.165, 1.54) is 18.2 Å². The molecule has 1 aliphatic rings. The quantitative estimate of drug-likeness (QED) is 0.478. The molecule has 0 spiro atoms. The molecule has 150 valence electrons. The van der Waals surface area contributed by atoms with Crippen LogP contribution < -0.4 is 5.32 Å². The first-order valence-corrected chi connectivity index (χ1v) is 9.24. The minimum absolute atomic E-state index is 0.00203. The summed E-state index contributed by atoms with van der Waals surface area (Å²) in [6.07, 6.45) is 2.93. The topological polar surface area (TPSA) is 95.8 Å². The number of non-ortho nitro benzene ring substituents is 1. The average molecular weight is 394 g/mol. The van der Waals surface area contributed by atoms with Gasteiger partial charge in [0.25, 0.3) is 11.6 Å². The second-order valence-corrected chi connectivity index (χ2v) is 6.84. The molecule has 0 aliphatic carbocycles. The van der Waals surface area contributed by atoms with Gasteiger partial charge in [-0.15, -0.1) is 0 Å². The van der Waals surface area contributed by atoms with E-state index in [0.717, 1.165) is 13.1 Å². The van der Waals surface area contributed by atoms with E-state index in [2.05, 4.69) is 10.2 Å². The van der Waals surface area contributed by atoms with Crippen LogP contribution in [0.4, 0.5) is 11.4 Å². The molecule has 0 atom stereocenters. The zero-order valence-electron chi connectivity index (χ0n) is 16.1. The van der Waals surface area contributed by atoms with E-state index in [1.807, 2.05) is 11.9 Å². The third-order valence-corrected chi connectivity index (χ3v) is 4.72. The Morgan fingerprint density at radius 3 is 2.21 bits per heavy atom. The van der Waals surface area contributed by atoms with Gasteiger partial charge in [0.05, 0.1) is 4.92 Å². The first-order valence-electron chi connectivity index (χ1n) is 9.24. The van der Waals surface area contributed by atoms with Crippen LogP contribution in [0.25, 0.3) is 6.08 Å². The Morgan fingerprint density at radius 2 is 1.62 bits per heavy atom. The lowest BCUT2D eigenvalue weighted by atomic mass is 10.1. The Bertz CT molecular complexity index is 915. The van der Waals surface area contributed by atoms with Crippen LogP contribution in [0.3, 0.4) is 0 Å². The van der Waals surface area contributed by atoms with Gasteiger partial charge in [-0.1, -0.05) is 0 Å². The second-order valence-electron chi connectivity index (χ2n) is 6.84. The van der Waals surface area contributed by atoms with Gasteiger partial charge in [-0.05, 0) is 55.1 Å². The van der Waals surface area contributed by atoms with E-state index in [4.69, 9.17) is 0 Å². The zero-order valence-corrected chi connectivity index (χ0v) is 16.1. The molecular formula is C21H22N4O4. The number of carbonyl (C=O) groups excluding carboxylic acids is 2. The number of benzene rings is 2. The number of nitrogens with zero attached hydrogens (tertiary/aromatic N) is 3. The van der Waals surface area contributed by atoms with Gasteiger partial charge in [-0.3, -0.25) is 19.7 Å². The largest absolute Gasteiger partial charge is 0.336 e. The molecule has 0 bridgehead atoms. The van der Waals surface area contributed by atoms with Gasteiger partial charge < -0.3 is 15.1 Å². The molecule has 1 heterocycles. The summed E-state index contributed by atoms with van der Waals surface area (Å²) < 4.78 is 0. The highest BCUT2D eigenvalue weighted by molar-refractivity contribution is 6.02. The molecule has 1 fully saturated rings. The maximum Gasteiger partial charge on any atom is 0.269 e. The average Bonchev–Trinajstić information content (AvgIpc) is 2.73. The normalized spacial score (nSPS) is 14.7. The standard InChI is InChI=1S/C21H22N4O4/c1-23-12-14-24(15-13-23)21(27)17-5-7-18(8-6-17)22-20(26)11-4-16-2-9-19(10-3-16)25(28)29/h2-11H,12-15H2,1H3,(H,22,26)/b11-4+. The Kier molecular flexibility index (Phi) is 6.36. The van der Waals surface area contributed by atoms with Crippen LogP contribution in [0.5, 0.6) is 0 Å². The van der Waals surface area contributed by atoms with Crippen molar-refractivity contribution in [3.8, 4) is 0 Å². The Hall–Kier alpha value is -3.52. The summed E-state index contributed by atoms with van der Waals surface area (Å²) in [5.74, 6) is -0.337. The molecule has 8 nitrogen and oxygen atoms in total. The van der Waals surface area contributed by atoms with Gasteiger partial charge in [0, 0.05) is 55.6 Å². The molecule has 1 N–H and O–H groups in total. The minimum atomic E-state index is -0.474. The third kappa shape index (κ3) is 5.49. The van der Waals surface area contributed by atoms with Gasteiger partial charge in [-0.25, -0.2) is 0 Å². The maximum absolute atomic E-state index is 12.5. The SMILES string of the molecule is CN1CCN(C(=O)c2ccc(NC(=O)/C=C/c3ccc([N+](=O)[O-])cc3)cc2)CC1. The molecule has 0 radical (unpaired) electrons. The fourth-order valence-electron chi connectivity index (χ4n) is 2.95. The van der Waals surface area contributed by atoms with E-state index < -0.39 is 4.92 Å². The number of nitro groups is 1. The summed E-state index contributed by atoms with van der Waals surface area (Å²) in [5, 5.41) is 13.4. The number of piperazine rings is 1. The van der Waals surface area contributed by atoms with Crippen molar-refractivity contribution in [1.82, 2.24) is 9.80 Å². The number of nitrogens with one attached hydrogen (secondary N) is 1. The van der Waals surface area contributed by atoms with Gasteiger partial charge >= 0.3 is 0 Å². The third-order valence-electron chi connectivity index (χ3n) is 4.72. The van der Waals surface area contributed by atoms with E-state index in [-0.39, 0.29) is 17.5 Å². The van der Waals surface area contributed by atoms with Gasteiger partial charge in [0.2, 0.25) is 5.91 Å². The number of hydrogen-bond acceptors (Lipinski definition) is 5. The molecule has 1 saturated heterocycles. The van der Waals surface area contributed by atoms with Crippen molar-refractivity contribution in [1.29, 1.82) is 0 Å². The molecule has 1 aliphatic heterocycles. The number of amides is 2. The van der Waals surface area contributed by atoms with Crippen molar-refractivity contribution in [2.45, 2.75) is 0 Å². The highest BCUT2D eigenvalue weighted by Gasteiger charge is 2.20. The molecule has 0 aromatic heterocycles. The molecule has 29 heavy (non-hydrogen) atoms. The van der Waals surface area contributed by atoms with Gasteiger partial charge in [0.1, 0.15) is 0 Å². The molecule has 8 heteroatoms. The zero-order chi connectivity index (χ0) is 20.8. The van der Waals surface area contributed by atoms with Crippen molar-refractivity contribution < 1.29 is 14.5 Å². The van der Waals surface area contributed by atoms with Crippen LogP contribution in [0.1, 0.15) is 15.9 Å². The minimum Gasteiger partial charge on any atom is -0.336 e. The van der Waals surface area contributed by atoms with Crippen LogP contribution >= 0.6 is 0 Å².